The second kappa shape index (κ2) is 6.12. The Balaban J connectivity index is 1.93. The Hall–Kier alpha value is -0.190. The van der Waals surface area contributed by atoms with Crippen molar-refractivity contribution in [1.29, 1.82) is 0 Å². The number of nitrogens with zero attached hydrogens (tertiary/aromatic N) is 1. The maximum absolute atomic E-state index is 12.1. The molecule has 1 aromatic rings. The fourth-order valence-corrected chi connectivity index (χ4v) is 3.92. The van der Waals surface area contributed by atoms with Crippen molar-refractivity contribution in [3.8, 4) is 0 Å². The predicted octanol–water partition coefficient (Wildman–Crippen LogP) is 3.82. The number of halogens is 1. The van der Waals surface area contributed by atoms with Crippen LogP contribution in [0.25, 0.3) is 0 Å². The van der Waals surface area contributed by atoms with E-state index in [9.17, 15) is 4.79 Å². The third-order valence-corrected chi connectivity index (χ3v) is 5.30. The maximum Gasteiger partial charge on any atom is 0.187 e. The molecule has 1 aliphatic rings. The first-order valence-corrected chi connectivity index (χ1v) is 7.86. The number of likely N-dealkylation sites (tertiary alicyclic amines) is 1. The molecule has 0 radical (unpaired) electrons. The highest BCUT2D eigenvalue weighted by Gasteiger charge is 2.22. The molecular weight excluding hydrogens is 298 g/mol. The fourth-order valence-electron chi connectivity index (χ4n) is 2.40. The summed E-state index contributed by atoms with van der Waals surface area (Å²) in [5, 5.41) is 1.96. The van der Waals surface area contributed by atoms with Crippen molar-refractivity contribution in [2.75, 3.05) is 19.6 Å². The van der Waals surface area contributed by atoms with Gasteiger partial charge in [0.2, 0.25) is 0 Å². The summed E-state index contributed by atoms with van der Waals surface area (Å²) in [6, 6.07) is 1.95. The monoisotopic (exact) mass is 315 g/mol. The highest BCUT2D eigenvalue weighted by atomic mass is 79.9. The zero-order chi connectivity index (χ0) is 12.3. The number of hydrogen-bond acceptors (Lipinski definition) is 3. The van der Waals surface area contributed by atoms with E-state index in [2.05, 4.69) is 27.8 Å². The number of rotatable bonds is 4. The number of Topliss-reactive ketones (excluding diaryl/α,β-unsaturated/α-hetero) is 1. The van der Waals surface area contributed by atoms with Crippen molar-refractivity contribution in [2.45, 2.75) is 26.2 Å². The number of ketones is 1. The van der Waals surface area contributed by atoms with Crippen LogP contribution in [0, 0.1) is 5.92 Å². The molecule has 2 heterocycles. The summed E-state index contributed by atoms with van der Waals surface area (Å²) >= 11 is 4.96. The minimum atomic E-state index is 0.253. The maximum atomic E-state index is 12.1. The first kappa shape index (κ1) is 13.2. The van der Waals surface area contributed by atoms with Gasteiger partial charge in [-0.2, -0.15) is 0 Å². The summed E-state index contributed by atoms with van der Waals surface area (Å²) in [7, 11) is 0. The van der Waals surface area contributed by atoms with Gasteiger partial charge in [0.1, 0.15) is 0 Å². The van der Waals surface area contributed by atoms with E-state index in [1.807, 2.05) is 11.4 Å². The van der Waals surface area contributed by atoms with Crippen LogP contribution in [-0.4, -0.2) is 30.3 Å². The SMILES string of the molecule is CCC1CCCN(CC(=O)c2sccc2Br)C1. The Morgan fingerprint density at radius 2 is 2.47 bits per heavy atom. The number of thiophene rings is 1. The summed E-state index contributed by atoms with van der Waals surface area (Å²) in [5.41, 5.74) is 0. The molecule has 4 heteroatoms. The lowest BCUT2D eigenvalue weighted by Gasteiger charge is -2.31. The molecule has 1 saturated heterocycles. The van der Waals surface area contributed by atoms with Gasteiger partial charge in [-0.15, -0.1) is 11.3 Å². The molecule has 1 atom stereocenters. The topological polar surface area (TPSA) is 20.3 Å². The predicted molar refractivity (Wildman–Crippen MR) is 75.8 cm³/mol. The molecule has 2 nitrogen and oxygen atoms in total. The Kier molecular flexibility index (Phi) is 4.77. The summed E-state index contributed by atoms with van der Waals surface area (Å²) in [4.78, 5) is 15.3. The van der Waals surface area contributed by atoms with E-state index in [-0.39, 0.29) is 5.78 Å². The van der Waals surface area contributed by atoms with Gasteiger partial charge in [0, 0.05) is 11.0 Å². The third-order valence-electron chi connectivity index (χ3n) is 3.42. The molecule has 1 aliphatic heterocycles. The van der Waals surface area contributed by atoms with E-state index in [0.717, 1.165) is 28.4 Å². The van der Waals surface area contributed by atoms with Crippen molar-refractivity contribution in [3.05, 3.63) is 20.8 Å². The zero-order valence-corrected chi connectivity index (χ0v) is 12.5. The van der Waals surface area contributed by atoms with Crippen molar-refractivity contribution in [2.24, 2.45) is 5.92 Å². The van der Waals surface area contributed by atoms with E-state index >= 15 is 0 Å². The van der Waals surface area contributed by atoms with Crippen molar-refractivity contribution >= 4 is 33.0 Å². The first-order valence-electron chi connectivity index (χ1n) is 6.19. The number of piperidine rings is 1. The minimum absolute atomic E-state index is 0.253. The fraction of sp³-hybridized carbons (Fsp3) is 0.615. The lowest BCUT2D eigenvalue weighted by Crippen LogP contribution is -2.38. The van der Waals surface area contributed by atoms with Crippen LogP contribution < -0.4 is 0 Å². The minimum Gasteiger partial charge on any atom is -0.296 e. The molecule has 0 bridgehead atoms. The van der Waals surface area contributed by atoms with Gasteiger partial charge in [-0.05, 0) is 52.7 Å². The van der Waals surface area contributed by atoms with Gasteiger partial charge >= 0.3 is 0 Å². The van der Waals surface area contributed by atoms with Crippen LogP contribution in [0.3, 0.4) is 0 Å². The second-order valence-corrected chi connectivity index (χ2v) is 6.44. The molecule has 0 spiro atoms. The van der Waals surface area contributed by atoms with Crippen molar-refractivity contribution in [3.63, 3.8) is 0 Å². The average Bonchev–Trinajstić information content (AvgIpc) is 2.76. The van der Waals surface area contributed by atoms with Crippen LogP contribution in [0.1, 0.15) is 35.9 Å². The molecule has 2 rings (SSSR count). The van der Waals surface area contributed by atoms with Gasteiger partial charge in [-0.25, -0.2) is 0 Å². The number of carbonyl (C=O) groups excluding carboxylic acids is 1. The van der Waals surface area contributed by atoms with Crippen LogP contribution >= 0.6 is 27.3 Å². The van der Waals surface area contributed by atoms with Crippen LogP contribution in [0.15, 0.2) is 15.9 Å². The van der Waals surface area contributed by atoms with E-state index < -0.39 is 0 Å². The van der Waals surface area contributed by atoms with Gasteiger partial charge in [0.25, 0.3) is 0 Å². The molecule has 94 valence electrons. The van der Waals surface area contributed by atoms with Gasteiger partial charge in [-0.1, -0.05) is 13.3 Å². The Bertz CT molecular complexity index is 391. The van der Waals surface area contributed by atoms with Crippen molar-refractivity contribution in [1.82, 2.24) is 4.90 Å². The molecule has 0 saturated carbocycles. The average molecular weight is 316 g/mol. The molecule has 0 aliphatic carbocycles. The van der Waals surface area contributed by atoms with E-state index in [0.29, 0.717) is 6.54 Å². The molecule has 0 N–H and O–H groups in total. The lowest BCUT2D eigenvalue weighted by atomic mass is 9.95. The highest BCUT2D eigenvalue weighted by molar-refractivity contribution is 9.10. The van der Waals surface area contributed by atoms with Crippen LogP contribution in [0.5, 0.6) is 0 Å². The first-order chi connectivity index (χ1) is 8.20. The van der Waals surface area contributed by atoms with Crippen LogP contribution in [0.2, 0.25) is 0 Å². The molecular formula is C13H18BrNOS. The van der Waals surface area contributed by atoms with Gasteiger partial charge in [0.15, 0.2) is 5.78 Å². The Labute approximate surface area is 115 Å². The van der Waals surface area contributed by atoms with E-state index in [4.69, 9.17) is 0 Å². The zero-order valence-electron chi connectivity index (χ0n) is 10.1. The Morgan fingerprint density at radius 1 is 1.65 bits per heavy atom. The quantitative estimate of drug-likeness (QED) is 0.787. The molecule has 0 amide bonds. The normalized spacial score (nSPS) is 21.6. The van der Waals surface area contributed by atoms with Gasteiger partial charge in [0.05, 0.1) is 11.4 Å². The van der Waals surface area contributed by atoms with E-state index in [1.165, 1.54) is 30.6 Å². The molecule has 1 unspecified atom stereocenters. The summed E-state index contributed by atoms with van der Waals surface area (Å²) in [6.07, 6.45) is 3.79. The molecule has 1 fully saturated rings. The second-order valence-electron chi connectivity index (χ2n) is 4.67. The third kappa shape index (κ3) is 3.39. The Morgan fingerprint density at radius 3 is 3.12 bits per heavy atom. The van der Waals surface area contributed by atoms with Crippen molar-refractivity contribution < 1.29 is 4.79 Å². The molecule has 0 aromatic carbocycles. The summed E-state index contributed by atoms with van der Waals surface area (Å²) in [6.45, 7) is 4.98. The highest BCUT2D eigenvalue weighted by Crippen LogP contribution is 2.24. The summed E-state index contributed by atoms with van der Waals surface area (Å²) in [5.74, 6) is 1.03. The lowest BCUT2D eigenvalue weighted by molar-refractivity contribution is 0.0888. The van der Waals surface area contributed by atoms with Gasteiger partial charge in [-0.3, -0.25) is 9.69 Å². The van der Waals surface area contributed by atoms with Gasteiger partial charge < -0.3 is 0 Å². The van der Waals surface area contributed by atoms with E-state index in [1.54, 1.807) is 0 Å². The number of hydrogen-bond donors (Lipinski definition) is 0. The van der Waals surface area contributed by atoms with Crippen LogP contribution in [0.4, 0.5) is 0 Å². The van der Waals surface area contributed by atoms with Crippen LogP contribution in [-0.2, 0) is 0 Å². The number of carbonyl (C=O) groups is 1. The molecule has 17 heavy (non-hydrogen) atoms. The standard InChI is InChI=1S/C13H18BrNOS/c1-2-10-4-3-6-15(8-10)9-12(16)13-11(14)5-7-17-13/h5,7,10H,2-4,6,8-9H2,1H3. The molecule has 1 aromatic heterocycles. The smallest absolute Gasteiger partial charge is 0.187 e. The summed E-state index contributed by atoms with van der Waals surface area (Å²) < 4.78 is 0.941. The largest absolute Gasteiger partial charge is 0.296 e.